The van der Waals surface area contributed by atoms with Crippen LogP contribution in [0.4, 0.5) is 0 Å². The first kappa shape index (κ1) is 19.5. The number of aromatic amines is 1. The van der Waals surface area contributed by atoms with E-state index in [1.807, 2.05) is 62.5 Å². The summed E-state index contributed by atoms with van der Waals surface area (Å²) >= 11 is 1.46. The average molecular weight is 396 g/mol. The number of H-pyrrole nitrogens is 1. The van der Waals surface area contributed by atoms with Gasteiger partial charge in [0.15, 0.2) is 0 Å². The Morgan fingerprint density at radius 2 is 2.00 bits per heavy atom. The molecule has 1 amide bonds. The molecular formula is C20H20N4O3S. The van der Waals surface area contributed by atoms with Gasteiger partial charge in [-0.15, -0.1) is 11.3 Å². The molecule has 0 unspecified atom stereocenters. The smallest absolute Gasteiger partial charge is 0.346 e. The van der Waals surface area contributed by atoms with Crippen molar-refractivity contribution in [2.75, 3.05) is 0 Å². The van der Waals surface area contributed by atoms with Crippen LogP contribution in [0.5, 0.6) is 5.75 Å². The fourth-order valence-electron chi connectivity index (χ4n) is 2.34. The Morgan fingerprint density at radius 1 is 1.25 bits per heavy atom. The topological polar surface area (TPSA) is 96.4 Å². The Morgan fingerprint density at radius 3 is 2.64 bits per heavy atom. The molecule has 144 valence electrons. The highest BCUT2D eigenvalue weighted by Gasteiger charge is 2.12. The molecule has 0 saturated heterocycles. The molecule has 0 aliphatic heterocycles. The second-order valence-corrected chi connectivity index (χ2v) is 7.89. The number of hydrazone groups is 1. The molecule has 1 aromatic carbocycles. The van der Waals surface area contributed by atoms with Crippen LogP contribution in [-0.2, 0) is 0 Å². The average Bonchev–Trinajstić information content (AvgIpc) is 3.16. The first-order valence-electron chi connectivity index (χ1n) is 8.58. The van der Waals surface area contributed by atoms with Crippen LogP contribution in [0.25, 0.3) is 10.6 Å². The van der Waals surface area contributed by atoms with E-state index in [0.717, 1.165) is 16.2 Å². The number of ether oxygens (including phenoxy) is 1. The lowest BCUT2D eigenvalue weighted by Gasteiger charge is -2.21. The van der Waals surface area contributed by atoms with Gasteiger partial charge in [-0.25, -0.2) is 10.2 Å². The van der Waals surface area contributed by atoms with E-state index in [2.05, 4.69) is 20.5 Å². The lowest BCUT2D eigenvalue weighted by Crippen LogP contribution is -2.24. The van der Waals surface area contributed by atoms with Gasteiger partial charge in [0.25, 0.3) is 5.91 Å². The number of carbonyl (C=O) groups excluding carboxylic acids is 1. The van der Waals surface area contributed by atoms with Crippen LogP contribution in [0, 0.1) is 0 Å². The molecule has 7 nitrogen and oxygen atoms in total. The van der Waals surface area contributed by atoms with E-state index in [-0.39, 0.29) is 11.3 Å². The molecular weight excluding hydrogens is 376 g/mol. The Bertz CT molecular complexity index is 1030. The molecule has 0 bridgehead atoms. The van der Waals surface area contributed by atoms with Crippen molar-refractivity contribution >= 4 is 23.5 Å². The maximum absolute atomic E-state index is 12.3. The van der Waals surface area contributed by atoms with E-state index in [4.69, 9.17) is 4.74 Å². The normalized spacial score (nSPS) is 11.5. The van der Waals surface area contributed by atoms with Gasteiger partial charge in [0, 0.05) is 0 Å². The zero-order valence-electron chi connectivity index (χ0n) is 15.7. The Hall–Kier alpha value is -3.26. The van der Waals surface area contributed by atoms with Crippen molar-refractivity contribution in [1.82, 2.24) is 15.4 Å². The van der Waals surface area contributed by atoms with Gasteiger partial charge in [0.1, 0.15) is 17.0 Å². The summed E-state index contributed by atoms with van der Waals surface area (Å²) in [7, 11) is 0. The third kappa shape index (κ3) is 5.37. The molecule has 28 heavy (non-hydrogen) atoms. The summed E-state index contributed by atoms with van der Waals surface area (Å²) in [6, 6.07) is 12.6. The van der Waals surface area contributed by atoms with E-state index in [1.54, 1.807) is 0 Å². The SMILES string of the molecule is CC(C)(C)Oc1ccc(/C=N/NC(=O)c2cc(-c3cccs3)[nH]c(=O)n2)cc1. The van der Waals surface area contributed by atoms with Gasteiger partial charge >= 0.3 is 5.69 Å². The van der Waals surface area contributed by atoms with Crippen molar-refractivity contribution in [3.8, 4) is 16.3 Å². The predicted octanol–water partition coefficient (Wildman–Crippen LogP) is 3.44. The fraction of sp³-hybridized carbons (Fsp3) is 0.200. The van der Waals surface area contributed by atoms with Gasteiger partial charge in [-0.2, -0.15) is 10.1 Å². The summed E-state index contributed by atoms with van der Waals surface area (Å²) in [4.78, 5) is 31.2. The summed E-state index contributed by atoms with van der Waals surface area (Å²) in [5.74, 6) is 0.190. The lowest BCUT2D eigenvalue weighted by molar-refractivity contribution is 0.0949. The van der Waals surface area contributed by atoms with Crippen molar-refractivity contribution in [3.63, 3.8) is 0 Å². The number of nitrogens with zero attached hydrogens (tertiary/aromatic N) is 2. The summed E-state index contributed by atoms with van der Waals surface area (Å²) in [6.07, 6.45) is 1.51. The van der Waals surface area contributed by atoms with Crippen molar-refractivity contribution in [1.29, 1.82) is 0 Å². The predicted molar refractivity (Wildman–Crippen MR) is 110 cm³/mol. The number of nitrogens with one attached hydrogen (secondary N) is 2. The lowest BCUT2D eigenvalue weighted by atomic mass is 10.2. The van der Waals surface area contributed by atoms with E-state index in [1.165, 1.54) is 23.6 Å². The van der Waals surface area contributed by atoms with E-state index >= 15 is 0 Å². The molecule has 2 aromatic heterocycles. The molecule has 2 N–H and O–H groups in total. The molecule has 0 spiro atoms. The molecule has 0 aliphatic rings. The molecule has 8 heteroatoms. The van der Waals surface area contributed by atoms with Crippen molar-refractivity contribution in [2.24, 2.45) is 5.10 Å². The molecule has 3 rings (SSSR count). The maximum atomic E-state index is 12.3. The fourth-order valence-corrected chi connectivity index (χ4v) is 3.03. The highest BCUT2D eigenvalue weighted by molar-refractivity contribution is 7.13. The van der Waals surface area contributed by atoms with Crippen LogP contribution in [0.3, 0.4) is 0 Å². The summed E-state index contributed by atoms with van der Waals surface area (Å²) < 4.78 is 5.76. The second kappa shape index (κ2) is 8.18. The maximum Gasteiger partial charge on any atom is 0.346 e. The van der Waals surface area contributed by atoms with Gasteiger partial charge in [-0.05, 0) is 68.1 Å². The molecule has 2 heterocycles. The highest BCUT2D eigenvalue weighted by atomic mass is 32.1. The number of carbonyl (C=O) groups is 1. The van der Waals surface area contributed by atoms with Gasteiger partial charge < -0.3 is 9.72 Å². The summed E-state index contributed by atoms with van der Waals surface area (Å²) in [5.41, 5.74) is 2.86. The van der Waals surface area contributed by atoms with Crippen LogP contribution >= 0.6 is 11.3 Å². The first-order chi connectivity index (χ1) is 13.3. The van der Waals surface area contributed by atoms with Crippen LogP contribution in [0.1, 0.15) is 36.8 Å². The van der Waals surface area contributed by atoms with Crippen molar-refractivity contribution < 1.29 is 9.53 Å². The van der Waals surface area contributed by atoms with Crippen molar-refractivity contribution in [3.05, 3.63) is 69.6 Å². The van der Waals surface area contributed by atoms with Gasteiger partial charge in [0.05, 0.1) is 16.8 Å². The molecule has 0 aliphatic carbocycles. The van der Waals surface area contributed by atoms with Gasteiger partial charge in [-0.1, -0.05) is 6.07 Å². The van der Waals surface area contributed by atoms with Crippen LogP contribution in [-0.4, -0.2) is 27.7 Å². The second-order valence-electron chi connectivity index (χ2n) is 6.95. The van der Waals surface area contributed by atoms with Gasteiger partial charge in [0.2, 0.25) is 0 Å². The standard InChI is InChI=1S/C20H20N4O3S/c1-20(2,3)27-14-8-6-13(7-9-14)12-21-24-18(25)16-11-15(22-19(26)23-16)17-5-4-10-28-17/h4-12H,1-3H3,(H,24,25)(H,22,23,26)/b21-12+. The summed E-state index contributed by atoms with van der Waals surface area (Å²) in [6.45, 7) is 5.93. The number of benzene rings is 1. The molecule has 0 atom stereocenters. The number of rotatable bonds is 5. The van der Waals surface area contributed by atoms with E-state index in [0.29, 0.717) is 5.69 Å². The Balaban J connectivity index is 1.66. The largest absolute Gasteiger partial charge is 0.488 e. The quantitative estimate of drug-likeness (QED) is 0.510. The molecule has 0 fully saturated rings. The Labute approximate surface area is 166 Å². The number of aromatic nitrogens is 2. The zero-order chi connectivity index (χ0) is 20.1. The third-order valence-corrected chi connectivity index (χ3v) is 4.35. The first-order valence-corrected chi connectivity index (χ1v) is 9.46. The van der Waals surface area contributed by atoms with Crippen molar-refractivity contribution in [2.45, 2.75) is 26.4 Å². The molecule has 0 radical (unpaired) electrons. The molecule has 3 aromatic rings. The monoisotopic (exact) mass is 396 g/mol. The number of thiophene rings is 1. The van der Waals surface area contributed by atoms with E-state index < -0.39 is 11.6 Å². The minimum absolute atomic E-state index is 0.00164. The number of hydrogen-bond donors (Lipinski definition) is 2. The van der Waals surface area contributed by atoms with E-state index in [9.17, 15) is 9.59 Å². The van der Waals surface area contributed by atoms with Crippen LogP contribution in [0.15, 0.2) is 57.7 Å². The number of hydrogen-bond acceptors (Lipinski definition) is 6. The van der Waals surface area contributed by atoms with Crippen LogP contribution < -0.4 is 15.9 Å². The minimum Gasteiger partial charge on any atom is -0.488 e. The summed E-state index contributed by atoms with van der Waals surface area (Å²) in [5, 5.41) is 5.81. The minimum atomic E-state index is -0.588. The number of amides is 1. The highest BCUT2D eigenvalue weighted by Crippen LogP contribution is 2.21. The van der Waals surface area contributed by atoms with Gasteiger partial charge in [-0.3, -0.25) is 4.79 Å². The third-order valence-electron chi connectivity index (χ3n) is 3.45. The zero-order valence-corrected chi connectivity index (χ0v) is 16.5. The Kier molecular flexibility index (Phi) is 5.70. The van der Waals surface area contributed by atoms with Crippen LogP contribution in [0.2, 0.25) is 0 Å². The molecule has 0 saturated carbocycles.